The predicted octanol–water partition coefficient (Wildman–Crippen LogP) is 9.06. The molecular weight excluding hydrogens is 526 g/mol. The van der Waals surface area contributed by atoms with Crippen LogP contribution in [-0.4, -0.2) is 19.9 Å². The lowest BCUT2D eigenvalue weighted by molar-refractivity contribution is 0.602. The van der Waals surface area contributed by atoms with Gasteiger partial charge in [-0.2, -0.15) is 0 Å². The summed E-state index contributed by atoms with van der Waals surface area (Å²) in [6.07, 6.45) is 14.2. The Morgan fingerprint density at radius 1 is 0.744 bits per heavy atom. The van der Waals surface area contributed by atoms with Crippen LogP contribution in [-0.2, 0) is 0 Å². The van der Waals surface area contributed by atoms with Gasteiger partial charge in [-0.25, -0.2) is 19.9 Å². The lowest BCUT2D eigenvalue weighted by atomic mass is 9.83. The molecule has 0 amide bonds. The average molecular weight is 558 g/mol. The molecule has 2 aliphatic carbocycles. The molecule has 0 fully saturated rings. The number of hydrogen-bond donors (Lipinski definition) is 0. The van der Waals surface area contributed by atoms with Crippen molar-refractivity contribution in [2.45, 2.75) is 26.2 Å². The molecule has 2 aromatic heterocycles. The molecule has 3 heterocycles. The van der Waals surface area contributed by atoms with E-state index in [0.717, 1.165) is 62.9 Å². The Morgan fingerprint density at radius 3 is 2.30 bits per heavy atom. The molecule has 8 rings (SSSR count). The molecule has 5 aromatic rings. The maximum atomic E-state index is 5.35. The van der Waals surface area contributed by atoms with Crippen molar-refractivity contribution < 1.29 is 0 Å². The summed E-state index contributed by atoms with van der Waals surface area (Å²) in [5.41, 5.74) is 8.34. The first-order valence-corrected chi connectivity index (χ1v) is 15.0. The molecule has 3 aromatic carbocycles. The van der Waals surface area contributed by atoms with E-state index in [0.29, 0.717) is 17.7 Å². The van der Waals surface area contributed by atoms with Crippen molar-refractivity contribution in [2.75, 3.05) is 4.90 Å². The second-order valence-corrected chi connectivity index (χ2v) is 11.6. The van der Waals surface area contributed by atoms with Gasteiger partial charge in [0, 0.05) is 28.7 Å². The van der Waals surface area contributed by atoms with Crippen LogP contribution in [0.15, 0.2) is 127 Å². The Labute approximate surface area is 251 Å². The molecule has 0 saturated heterocycles. The number of nitrogens with zero attached hydrogens (tertiary/aromatic N) is 5. The topological polar surface area (TPSA) is 54.8 Å². The van der Waals surface area contributed by atoms with Crippen LogP contribution in [0.25, 0.3) is 39.1 Å². The molecule has 5 heteroatoms. The first-order chi connectivity index (χ1) is 21.2. The van der Waals surface area contributed by atoms with Crippen LogP contribution >= 0.6 is 0 Å². The van der Waals surface area contributed by atoms with Crippen LogP contribution in [0.5, 0.6) is 0 Å². The zero-order chi connectivity index (χ0) is 28.9. The van der Waals surface area contributed by atoms with Gasteiger partial charge in [0.1, 0.15) is 11.6 Å². The monoisotopic (exact) mass is 557 g/mol. The van der Waals surface area contributed by atoms with Gasteiger partial charge in [-0.1, -0.05) is 111 Å². The summed E-state index contributed by atoms with van der Waals surface area (Å²) in [6.45, 7) is 4.54. The Hall–Kier alpha value is -5.16. The minimum Gasteiger partial charge on any atom is -0.294 e. The predicted molar refractivity (Wildman–Crippen MR) is 175 cm³/mol. The third-order valence-electron chi connectivity index (χ3n) is 8.74. The van der Waals surface area contributed by atoms with Crippen molar-refractivity contribution in [1.82, 2.24) is 19.9 Å². The summed E-state index contributed by atoms with van der Waals surface area (Å²) >= 11 is 0. The van der Waals surface area contributed by atoms with Crippen LogP contribution < -0.4 is 4.90 Å². The van der Waals surface area contributed by atoms with Gasteiger partial charge in [0.15, 0.2) is 5.82 Å². The Balaban J connectivity index is 1.39. The minimum atomic E-state index is 0.148. The molecule has 3 aliphatic rings. The number of hydrogen-bond acceptors (Lipinski definition) is 5. The van der Waals surface area contributed by atoms with Crippen LogP contribution in [0.3, 0.4) is 0 Å². The third kappa shape index (κ3) is 4.31. The highest BCUT2D eigenvalue weighted by atomic mass is 15.2. The van der Waals surface area contributed by atoms with Gasteiger partial charge >= 0.3 is 0 Å². The number of rotatable bonds is 4. The van der Waals surface area contributed by atoms with Crippen LogP contribution in [0.4, 0.5) is 11.5 Å². The van der Waals surface area contributed by atoms with Crippen LogP contribution in [0.1, 0.15) is 37.7 Å². The SMILES string of the molecule is CC1CC=CC2=C1c1nc(C3C=CC=CC3C)nc3cccc(c13)N2c1cc(-c2ccccc2)nc(-c2ccccc2)n1. The van der Waals surface area contributed by atoms with Crippen molar-refractivity contribution in [3.05, 3.63) is 139 Å². The molecule has 0 N–H and O–H groups in total. The van der Waals surface area contributed by atoms with E-state index in [2.05, 4.69) is 116 Å². The minimum absolute atomic E-state index is 0.148. The number of anilines is 2. The molecule has 0 bridgehead atoms. The van der Waals surface area contributed by atoms with E-state index in [1.54, 1.807) is 0 Å². The van der Waals surface area contributed by atoms with Crippen molar-refractivity contribution in [1.29, 1.82) is 0 Å². The van der Waals surface area contributed by atoms with Crippen molar-refractivity contribution in [3.8, 4) is 22.6 Å². The normalized spacial score (nSPS) is 20.5. The third-order valence-corrected chi connectivity index (χ3v) is 8.74. The Bertz CT molecular complexity index is 1930. The van der Waals surface area contributed by atoms with Gasteiger partial charge in [-0.3, -0.25) is 4.90 Å². The fraction of sp³-hybridized carbons (Fsp3) is 0.158. The second-order valence-electron chi connectivity index (χ2n) is 11.6. The van der Waals surface area contributed by atoms with E-state index < -0.39 is 0 Å². The van der Waals surface area contributed by atoms with Gasteiger partial charge < -0.3 is 0 Å². The van der Waals surface area contributed by atoms with Crippen LogP contribution in [0.2, 0.25) is 0 Å². The van der Waals surface area contributed by atoms with Crippen molar-refractivity contribution in [2.24, 2.45) is 11.8 Å². The molecule has 0 spiro atoms. The zero-order valence-electron chi connectivity index (χ0n) is 24.2. The molecule has 3 unspecified atom stereocenters. The highest BCUT2D eigenvalue weighted by Crippen LogP contribution is 2.49. The van der Waals surface area contributed by atoms with Crippen molar-refractivity contribution >= 4 is 28.0 Å². The number of benzene rings is 3. The maximum absolute atomic E-state index is 5.35. The largest absolute Gasteiger partial charge is 0.294 e. The van der Waals surface area contributed by atoms with E-state index in [1.165, 1.54) is 5.57 Å². The smallest absolute Gasteiger partial charge is 0.162 e. The maximum Gasteiger partial charge on any atom is 0.162 e. The summed E-state index contributed by atoms with van der Waals surface area (Å²) in [6, 6.07) is 29.1. The molecule has 3 atom stereocenters. The molecule has 5 nitrogen and oxygen atoms in total. The molecule has 1 aliphatic heterocycles. The molecule has 0 radical (unpaired) electrons. The van der Waals surface area contributed by atoms with E-state index in [9.17, 15) is 0 Å². The van der Waals surface area contributed by atoms with E-state index >= 15 is 0 Å². The lowest BCUT2D eigenvalue weighted by Crippen LogP contribution is -2.27. The van der Waals surface area contributed by atoms with E-state index in [1.807, 2.05) is 24.3 Å². The molecule has 43 heavy (non-hydrogen) atoms. The highest BCUT2D eigenvalue weighted by molar-refractivity contribution is 6.07. The van der Waals surface area contributed by atoms with Crippen molar-refractivity contribution in [3.63, 3.8) is 0 Å². The summed E-state index contributed by atoms with van der Waals surface area (Å²) in [7, 11) is 0. The number of aromatic nitrogens is 4. The number of allylic oxidation sites excluding steroid dienone is 7. The zero-order valence-corrected chi connectivity index (χ0v) is 24.2. The first-order valence-electron chi connectivity index (χ1n) is 15.0. The fourth-order valence-electron chi connectivity index (χ4n) is 6.54. The van der Waals surface area contributed by atoms with Gasteiger partial charge in [0.25, 0.3) is 0 Å². The average Bonchev–Trinajstić information content (AvgIpc) is 3.05. The summed E-state index contributed by atoms with van der Waals surface area (Å²) < 4.78 is 0. The molecular formula is C38H31N5. The second kappa shape index (κ2) is 10.3. The first kappa shape index (κ1) is 25.5. The highest BCUT2D eigenvalue weighted by Gasteiger charge is 2.34. The summed E-state index contributed by atoms with van der Waals surface area (Å²) in [4.78, 5) is 23.1. The quantitative estimate of drug-likeness (QED) is 0.221. The summed E-state index contributed by atoms with van der Waals surface area (Å²) in [5, 5.41) is 1.08. The Morgan fingerprint density at radius 2 is 1.51 bits per heavy atom. The Kier molecular flexibility index (Phi) is 6.11. The number of fused-ring (bicyclic) bond motifs is 1. The van der Waals surface area contributed by atoms with Gasteiger partial charge in [0.2, 0.25) is 0 Å². The summed E-state index contributed by atoms with van der Waals surface area (Å²) in [5.74, 6) is 3.19. The van der Waals surface area contributed by atoms with Gasteiger partial charge in [-0.15, -0.1) is 0 Å². The fourth-order valence-corrected chi connectivity index (χ4v) is 6.54. The van der Waals surface area contributed by atoms with Gasteiger partial charge in [0.05, 0.1) is 33.7 Å². The van der Waals surface area contributed by atoms with E-state index in [4.69, 9.17) is 19.9 Å². The van der Waals surface area contributed by atoms with E-state index in [-0.39, 0.29) is 5.92 Å². The van der Waals surface area contributed by atoms with Gasteiger partial charge in [-0.05, 0) is 36.5 Å². The van der Waals surface area contributed by atoms with Crippen LogP contribution in [0, 0.1) is 11.8 Å². The molecule has 0 saturated carbocycles. The standard InChI is InChI=1S/C38H31N5/c1-24-13-9-10-19-28(24)38-39-29-20-12-22-32-35(29)36(42-38)34-25(2)14-11-21-31(34)43(32)33-23-30(26-15-5-3-6-16-26)40-37(41-33)27-17-7-4-8-18-27/h3-13,15-25,28H,14H2,1-2H3. The lowest BCUT2D eigenvalue weighted by Gasteiger charge is -2.37. The molecule has 208 valence electrons.